The molecule has 1 fully saturated rings. The molecule has 8 nitrogen and oxygen atoms in total. The molecule has 0 aromatic heterocycles. The van der Waals surface area contributed by atoms with Crippen LogP contribution in [-0.4, -0.2) is 41.0 Å². The van der Waals surface area contributed by atoms with E-state index in [9.17, 15) is 19.2 Å². The van der Waals surface area contributed by atoms with E-state index in [1.54, 1.807) is 54.6 Å². The standard InChI is InChI=1S/C26H20BrN3O5S/c27-18-11-12-21(35-16-24(32)29-20-9-5-2-6-10-20)17(13-18)14-22-25(33)30(26(34)36-22)15-23(31)28-19-7-3-1-4-8-19/h1-14H,15-16H2,(H,28,31)(H,29,32)/b22-14-. The van der Waals surface area contributed by atoms with Gasteiger partial charge in [0.25, 0.3) is 17.1 Å². The molecule has 36 heavy (non-hydrogen) atoms. The van der Waals surface area contributed by atoms with Crippen LogP contribution >= 0.6 is 27.7 Å². The molecule has 0 spiro atoms. The number of thioether (sulfide) groups is 1. The van der Waals surface area contributed by atoms with E-state index in [4.69, 9.17) is 4.74 Å². The number of benzene rings is 3. The second-order valence-corrected chi connectivity index (χ2v) is 9.48. The van der Waals surface area contributed by atoms with Crippen molar-refractivity contribution in [3.63, 3.8) is 0 Å². The van der Waals surface area contributed by atoms with Crippen LogP contribution in [0.25, 0.3) is 6.08 Å². The van der Waals surface area contributed by atoms with E-state index in [0.717, 1.165) is 21.1 Å². The minimum Gasteiger partial charge on any atom is -0.483 e. The zero-order valence-electron chi connectivity index (χ0n) is 18.8. The van der Waals surface area contributed by atoms with Crippen LogP contribution in [0.5, 0.6) is 5.75 Å². The smallest absolute Gasteiger partial charge is 0.294 e. The van der Waals surface area contributed by atoms with Gasteiger partial charge in [-0.15, -0.1) is 0 Å². The molecule has 0 bridgehead atoms. The third-order valence-electron chi connectivity index (χ3n) is 4.91. The summed E-state index contributed by atoms with van der Waals surface area (Å²) in [5, 5.41) is 4.84. The van der Waals surface area contributed by atoms with Crippen molar-refractivity contribution in [2.24, 2.45) is 0 Å². The average molecular weight is 566 g/mol. The predicted molar refractivity (Wildman–Crippen MR) is 142 cm³/mol. The number of ether oxygens (including phenoxy) is 1. The van der Waals surface area contributed by atoms with E-state index in [1.807, 2.05) is 24.3 Å². The lowest BCUT2D eigenvalue weighted by Crippen LogP contribution is -2.36. The number of hydrogen-bond acceptors (Lipinski definition) is 6. The molecule has 0 radical (unpaired) electrons. The van der Waals surface area contributed by atoms with E-state index in [2.05, 4.69) is 26.6 Å². The maximum Gasteiger partial charge on any atom is 0.294 e. The molecular formula is C26H20BrN3O5S. The van der Waals surface area contributed by atoms with Crippen molar-refractivity contribution < 1.29 is 23.9 Å². The SMILES string of the molecule is O=C(COc1ccc(Br)cc1/C=C1\SC(=O)N(CC(=O)Nc2ccccc2)C1=O)Nc1ccccc1. The van der Waals surface area contributed by atoms with Crippen LogP contribution in [0.1, 0.15) is 5.56 Å². The van der Waals surface area contributed by atoms with Gasteiger partial charge in [0.15, 0.2) is 6.61 Å². The third-order valence-corrected chi connectivity index (χ3v) is 6.31. The summed E-state index contributed by atoms with van der Waals surface area (Å²) < 4.78 is 6.41. The molecule has 0 aliphatic carbocycles. The summed E-state index contributed by atoms with van der Waals surface area (Å²) in [5.41, 5.74) is 1.71. The molecule has 182 valence electrons. The number of anilines is 2. The topological polar surface area (TPSA) is 105 Å². The van der Waals surface area contributed by atoms with Crippen molar-refractivity contribution in [3.8, 4) is 5.75 Å². The number of nitrogens with zero attached hydrogens (tertiary/aromatic N) is 1. The summed E-state index contributed by atoms with van der Waals surface area (Å²) in [6, 6.07) is 22.8. The van der Waals surface area contributed by atoms with Crippen LogP contribution in [0, 0.1) is 0 Å². The summed E-state index contributed by atoms with van der Waals surface area (Å²) in [6.45, 7) is -0.656. The maximum atomic E-state index is 12.9. The maximum absolute atomic E-state index is 12.9. The Labute approximate surface area is 219 Å². The third kappa shape index (κ3) is 6.61. The number of imide groups is 1. The van der Waals surface area contributed by atoms with E-state index in [-0.39, 0.29) is 17.4 Å². The summed E-state index contributed by atoms with van der Waals surface area (Å²) in [5.74, 6) is -1.06. The first-order valence-corrected chi connectivity index (χ1v) is 12.4. The minimum absolute atomic E-state index is 0.143. The van der Waals surface area contributed by atoms with Crippen molar-refractivity contribution in [2.75, 3.05) is 23.8 Å². The molecule has 0 unspecified atom stereocenters. The molecule has 3 aromatic rings. The van der Waals surface area contributed by atoms with Crippen molar-refractivity contribution in [1.82, 2.24) is 4.90 Å². The Balaban J connectivity index is 1.43. The van der Waals surface area contributed by atoms with Crippen molar-refractivity contribution in [3.05, 3.63) is 93.8 Å². The minimum atomic E-state index is -0.582. The fourth-order valence-corrected chi connectivity index (χ4v) is 4.48. The number of amides is 4. The molecule has 4 amide bonds. The van der Waals surface area contributed by atoms with Crippen molar-refractivity contribution in [2.45, 2.75) is 0 Å². The van der Waals surface area contributed by atoms with E-state index >= 15 is 0 Å². The van der Waals surface area contributed by atoms with Crippen LogP contribution in [0.2, 0.25) is 0 Å². The van der Waals surface area contributed by atoms with Crippen LogP contribution < -0.4 is 15.4 Å². The lowest BCUT2D eigenvalue weighted by Gasteiger charge is -2.12. The normalized spacial score (nSPS) is 14.1. The lowest BCUT2D eigenvalue weighted by atomic mass is 10.2. The highest BCUT2D eigenvalue weighted by atomic mass is 79.9. The Morgan fingerprint density at radius 1 is 0.889 bits per heavy atom. The Bertz CT molecular complexity index is 1330. The Hall–Kier alpha value is -3.89. The number of carbonyl (C=O) groups is 4. The van der Waals surface area contributed by atoms with Gasteiger partial charge >= 0.3 is 0 Å². The molecule has 1 saturated heterocycles. The van der Waals surface area contributed by atoms with Crippen molar-refractivity contribution >= 4 is 68.1 Å². The summed E-state index contributed by atoms with van der Waals surface area (Å²) in [7, 11) is 0. The number of nitrogens with one attached hydrogen (secondary N) is 2. The number of halogens is 1. The summed E-state index contributed by atoms with van der Waals surface area (Å²) in [6.07, 6.45) is 1.51. The quantitative estimate of drug-likeness (QED) is 0.366. The van der Waals surface area contributed by atoms with E-state index in [1.165, 1.54) is 6.08 Å². The van der Waals surface area contributed by atoms with Gasteiger partial charge in [-0.1, -0.05) is 52.3 Å². The Morgan fingerprint density at radius 2 is 1.50 bits per heavy atom. The molecular weight excluding hydrogens is 546 g/mol. The van der Waals surface area contributed by atoms with Gasteiger partial charge in [-0.2, -0.15) is 0 Å². The van der Waals surface area contributed by atoms with Gasteiger partial charge in [0, 0.05) is 21.4 Å². The van der Waals surface area contributed by atoms with Gasteiger partial charge in [0.1, 0.15) is 12.3 Å². The van der Waals surface area contributed by atoms with E-state index in [0.29, 0.717) is 22.7 Å². The molecule has 3 aromatic carbocycles. The van der Waals surface area contributed by atoms with E-state index < -0.39 is 23.6 Å². The molecule has 2 N–H and O–H groups in total. The highest BCUT2D eigenvalue weighted by Gasteiger charge is 2.36. The number of carbonyl (C=O) groups excluding carboxylic acids is 4. The molecule has 4 rings (SSSR count). The van der Waals surface area contributed by atoms with Crippen LogP contribution in [0.4, 0.5) is 16.2 Å². The van der Waals surface area contributed by atoms with Gasteiger partial charge in [0.2, 0.25) is 5.91 Å². The zero-order chi connectivity index (χ0) is 25.5. The van der Waals surface area contributed by atoms with Gasteiger partial charge < -0.3 is 15.4 Å². The second kappa shape index (κ2) is 11.7. The molecule has 10 heteroatoms. The first-order chi connectivity index (χ1) is 17.4. The Morgan fingerprint density at radius 3 is 2.14 bits per heavy atom. The average Bonchev–Trinajstić information content (AvgIpc) is 3.12. The molecule has 1 aliphatic heterocycles. The highest BCUT2D eigenvalue weighted by molar-refractivity contribution is 9.10. The zero-order valence-corrected chi connectivity index (χ0v) is 21.2. The fourth-order valence-electron chi connectivity index (χ4n) is 3.27. The van der Waals surface area contributed by atoms with Crippen LogP contribution in [0.3, 0.4) is 0 Å². The second-order valence-electron chi connectivity index (χ2n) is 7.57. The summed E-state index contributed by atoms with van der Waals surface area (Å²) >= 11 is 4.12. The van der Waals surface area contributed by atoms with Gasteiger partial charge in [-0.05, 0) is 60.3 Å². The molecule has 1 aliphatic rings. The predicted octanol–water partition coefficient (Wildman–Crippen LogP) is 5.14. The van der Waals surface area contributed by atoms with Gasteiger partial charge in [-0.25, -0.2) is 0 Å². The van der Waals surface area contributed by atoms with Crippen LogP contribution in [-0.2, 0) is 14.4 Å². The first kappa shape index (κ1) is 25.2. The summed E-state index contributed by atoms with van der Waals surface area (Å²) in [4.78, 5) is 51.0. The lowest BCUT2D eigenvalue weighted by molar-refractivity contribution is -0.127. The monoisotopic (exact) mass is 565 g/mol. The van der Waals surface area contributed by atoms with Gasteiger partial charge in [-0.3, -0.25) is 24.1 Å². The molecule has 0 atom stereocenters. The number of hydrogen-bond donors (Lipinski definition) is 2. The van der Waals surface area contributed by atoms with Crippen molar-refractivity contribution in [1.29, 1.82) is 0 Å². The van der Waals surface area contributed by atoms with Gasteiger partial charge in [0.05, 0.1) is 4.91 Å². The Kier molecular flexibility index (Phi) is 8.19. The van der Waals surface area contributed by atoms with Crippen LogP contribution in [0.15, 0.2) is 88.2 Å². The largest absolute Gasteiger partial charge is 0.483 e. The first-order valence-electron chi connectivity index (χ1n) is 10.8. The number of rotatable bonds is 8. The number of para-hydroxylation sites is 2. The molecule has 1 heterocycles. The highest BCUT2D eigenvalue weighted by Crippen LogP contribution is 2.35. The molecule has 0 saturated carbocycles. The fraction of sp³-hybridized carbons (Fsp3) is 0.0769.